The van der Waals surface area contributed by atoms with Crippen LogP contribution in [0.4, 0.5) is 0 Å². The van der Waals surface area contributed by atoms with E-state index in [1.165, 1.54) is 16.0 Å². The van der Waals surface area contributed by atoms with Gasteiger partial charge in [-0.25, -0.2) is 8.42 Å². The second-order valence-corrected chi connectivity index (χ2v) is 7.60. The average molecular weight is 317 g/mol. The highest BCUT2D eigenvalue weighted by molar-refractivity contribution is 7.89. The molecule has 0 aromatic carbocycles. The third kappa shape index (κ3) is 3.26. The van der Waals surface area contributed by atoms with Crippen LogP contribution in [0.3, 0.4) is 0 Å². The summed E-state index contributed by atoms with van der Waals surface area (Å²) >= 11 is 0. The van der Waals surface area contributed by atoms with Crippen molar-refractivity contribution in [2.45, 2.75) is 58.0 Å². The smallest absolute Gasteiger partial charge is 0.325 e. The van der Waals surface area contributed by atoms with Crippen molar-refractivity contribution in [3.05, 3.63) is 11.4 Å². The zero-order chi connectivity index (χ0) is 16.6. The Hall–Kier alpha value is -1.41. The van der Waals surface area contributed by atoms with Crippen LogP contribution in [-0.2, 0) is 21.4 Å². The van der Waals surface area contributed by atoms with Crippen molar-refractivity contribution in [1.82, 2.24) is 14.1 Å². The largest absolute Gasteiger partial charge is 0.480 e. The lowest BCUT2D eigenvalue weighted by Crippen LogP contribution is -2.44. The minimum Gasteiger partial charge on any atom is -0.480 e. The first-order valence-electron chi connectivity index (χ1n) is 6.70. The first-order valence-corrected chi connectivity index (χ1v) is 8.14. The fraction of sp³-hybridized carbons (Fsp3) is 0.692. The highest BCUT2D eigenvalue weighted by atomic mass is 32.2. The van der Waals surface area contributed by atoms with E-state index in [4.69, 9.17) is 5.11 Å². The molecule has 0 spiro atoms. The molecule has 0 saturated carbocycles. The van der Waals surface area contributed by atoms with Gasteiger partial charge in [0.05, 0.1) is 11.4 Å². The van der Waals surface area contributed by atoms with Crippen LogP contribution >= 0.6 is 0 Å². The first kappa shape index (κ1) is 17.6. The number of aromatic nitrogens is 2. The van der Waals surface area contributed by atoms with Gasteiger partial charge in [-0.3, -0.25) is 9.48 Å². The number of carboxylic acids is 1. The van der Waals surface area contributed by atoms with Gasteiger partial charge in [-0.15, -0.1) is 0 Å². The second-order valence-electron chi connectivity index (χ2n) is 5.69. The summed E-state index contributed by atoms with van der Waals surface area (Å²) in [6.07, 6.45) is 0.657. The zero-order valence-electron chi connectivity index (χ0n) is 13.3. The van der Waals surface area contributed by atoms with Crippen LogP contribution in [0.2, 0.25) is 0 Å². The van der Waals surface area contributed by atoms with Gasteiger partial charge in [0.25, 0.3) is 0 Å². The number of rotatable bonds is 6. The Morgan fingerprint density at radius 3 is 2.33 bits per heavy atom. The van der Waals surface area contributed by atoms with Gasteiger partial charge in [-0.05, 0) is 34.1 Å². The van der Waals surface area contributed by atoms with Gasteiger partial charge in [-0.2, -0.15) is 9.40 Å². The van der Waals surface area contributed by atoms with E-state index in [1.54, 1.807) is 13.8 Å². The monoisotopic (exact) mass is 317 g/mol. The summed E-state index contributed by atoms with van der Waals surface area (Å²) in [7, 11) is -2.19. The molecule has 1 heterocycles. The summed E-state index contributed by atoms with van der Waals surface area (Å²) in [5.41, 5.74) is 0.119. The Labute approximate surface area is 125 Å². The molecule has 1 rings (SSSR count). The Morgan fingerprint density at radius 2 is 1.90 bits per heavy atom. The highest BCUT2D eigenvalue weighted by Crippen LogP contribution is 2.28. The van der Waals surface area contributed by atoms with E-state index in [9.17, 15) is 13.2 Å². The third-order valence-electron chi connectivity index (χ3n) is 3.94. The summed E-state index contributed by atoms with van der Waals surface area (Å²) in [5, 5.41) is 12.9. The zero-order valence-corrected chi connectivity index (χ0v) is 14.2. The van der Waals surface area contributed by atoms with Crippen LogP contribution in [-0.4, -0.2) is 46.2 Å². The van der Waals surface area contributed by atoms with Crippen LogP contribution in [0.1, 0.15) is 38.6 Å². The predicted molar refractivity (Wildman–Crippen MR) is 78.7 cm³/mol. The minimum absolute atomic E-state index is 0.0905. The molecule has 0 saturated heterocycles. The van der Waals surface area contributed by atoms with E-state index in [2.05, 4.69) is 5.10 Å². The van der Waals surface area contributed by atoms with Crippen LogP contribution in [0, 0.1) is 13.8 Å². The topological polar surface area (TPSA) is 92.5 Å². The Bertz CT molecular complexity index is 647. The van der Waals surface area contributed by atoms with E-state index >= 15 is 0 Å². The van der Waals surface area contributed by atoms with Gasteiger partial charge < -0.3 is 5.11 Å². The van der Waals surface area contributed by atoms with Crippen LogP contribution < -0.4 is 0 Å². The maximum Gasteiger partial charge on any atom is 0.325 e. The lowest BCUT2D eigenvalue weighted by Gasteiger charge is -2.33. The molecule has 0 bridgehead atoms. The molecule has 7 nitrogen and oxygen atoms in total. The van der Waals surface area contributed by atoms with E-state index in [0.29, 0.717) is 17.8 Å². The van der Waals surface area contributed by atoms with Gasteiger partial charge in [0.2, 0.25) is 10.0 Å². The molecular weight excluding hydrogens is 294 g/mol. The van der Waals surface area contributed by atoms with Crippen molar-refractivity contribution < 1.29 is 18.3 Å². The van der Waals surface area contributed by atoms with E-state index in [0.717, 1.165) is 0 Å². The molecule has 0 aliphatic heterocycles. The maximum absolute atomic E-state index is 12.8. The Morgan fingerprint density at radius 1 is 1.38 bits per heavy atom. The summed E-state index contributed by atoms with van der Waals surface area (Å²) in [6.45, 7) is 8.39. The third-order valence-corrected chi connectivity index (χ3v) is 6.26. The quantitative estimate of drug-likeness (QED) is 0.856. The van der Waals surface area contributed by atoms with Gasteiger partial charge in [-0.1, -0.05) is 6.92 Å². The number of nitrogens with zero attached hydrogens (tertiary/aromatic N) is 3. The normalized spacial score (nSPS) is 12.9. The number of carboxylic acid groups (broad SMARTS) is 1. The minimum atomic E-state index is -3.73. The lowest BCUT2D eigenvalue weighted by molar-refractivity contribution is -0.137. The molecule has 0 amide bonds. The summed E-state index contributed by atoms with van der Waals surface area (Å²) in [5.74, 6) is -1.06. The summed E-state index contributed by atoms with van der Waals surface area (Å²) in [6, 6.07) is 0. The average Bonchev–Trinajstić information content (AvgIpc) is 2.63. The maximum atomic E-state index is 12.8. The van der Waals surface area contributed by atoms with Gasteiger partial charge in [0.15, 0.2) is 0 Å². The van der Waals surface area contributed by atoms with Gasteiger partial charge >= 0.3 is 5.97 Å². The SMILES string of the molecule is CCC(C)(C)N(C)S(=O)(=O)c1c(C)nn(CC(=O)O)c1C. The fourth-order valence-electron chi connectivity index (χ4n) is 2.02. The molecule has 0 fully saturated rings. The Kier molecular flexibility index (Phi) is 4.84. The van der Waals surface area contributed by atoms with E-state index in [1.807, 2.05) is 20.8 Å². The van der Waals surface area contributed by atoms with Crippen LogP contribution in [0.15, 0.2) is 4.90 Å². The van der Waals surface area contributed by atoms with Crippen molar-refractivity contribution in [3.8, 4) is 0 Å². The molecule has 0 unspecified atom stereocenters. The molecule has 8 heteroatoms. The highest BCUT2D eigenvalue weighted by Gasteiger charge is 2.36. The van der Waals surface area contributed by atoms with Gasteiger partial charge in [0.1, 0.15) is 11.4 Å². The standard InChI is InChI=1S/C13H23N3O4S/c1-7-13(4,5)15(6)21(19,20)12-9(2)14-16(10(12)3)8-11(17)18/h7-8H2,1-6H3,(H,17,18). The number of aryl methyl sites for hydroxylation is 1. The predicted octanol–water partition coefficient (Wildman–Crippen LogP) is 1.39. The molecule has 120 valence electrons. The number of aliphatic carboxylic acids is 1. The molecule has 1 aromatic heterocycles. The molecule has 1 N–H and O–H groups in total. The number of hydrogen-bond donors (Lipinski definition) is 1. The molecule has 0 aliphatic carbocycles. The summed E-state index contributed by atoms with van der Waals surface area (Å²) < 4.78 is 28.1. The molecule has 0 atom stereocenters. The first-order chi connectivity index (χ1) is 9.45. The molecule has 0 aliphatic rings. The van der Waals surface area contributed by atoms with Crippen molar-refractivity contribution in [2.75, 3.05) is 7.05 Å². The Balaban J connectivity index is 3.40. The molecule has 0 radical (unpaired) electrons. The van der Waals surface area contributed by atoms with Crippen LogP contribution in [0.5, 0.6) is 0 Å². The van der Waals surface area contributed by atoms with Crippen molar-refractivity contribution in [1.29, 1.82) is 0 Å². The fourth-order valence-corrected chi connectivity index (χ4v) is 3.97. The van der Waals surface area contributed by atoms with Crippen molar-refractivity contribution in [3.63, 3.8) is 0 Å². The van der Waals surface area contributed by atoms with Crippen LogP contribution in [0.25, 0.3) is 0 Å². The number of hydrogen-bond acceptors (Lipinski definition) is 4. The molecule has 21 heavy (non-hydrogen) atoms. The summed E-state index contributed by atoms with van der Waals surface area (Å²) in [4.78, 5) is 10.9. The van der Waals surface area contributed by atoms with Crippen molar-refractivity contribution >= 4 is 16.0 Å². The van der Waals surface area contributed by atoms with Crippen molar-refractivity contribution in [2.24, 2.45) is 0 Å². The number of sulfonamides is 1. The molecular formula is C13H23N3O4S. The van der Waals surface area contributed by atoms with E-state index in [-0.39, 0.29) is 11.4 Å². The number of carbonyl (C=O) groups is 1. The lowest BCUT2D eigenvalue weighted by atomic mass is 10.0. The van der Waals surface area contributed by atoms with Gasteiger partial charge in [0, 0.05) is 12.6 Å². The second kappa shape index (κ2) is 5.76. The van der Waals surface area contributed by atoms with E-state index < -0.39 is 21.5 Å². The molecule has 1 aromatic rings.